The van der Waals surface area contributed by atoms with Crippen molar-refractivity contribution in [1.29, 1.82) is 0 Å². The van der Waals surface area contributed by atoms with E-state index in [-0.39, 0.29) is 36.5 Å². The van der Waals surface area contributed by atoms with E-state index in [2.05, 4.69) is 26.6 Å². The van der Waals surface area contributed by atoms with Crippen LogP contribution in [0.5, 0.6) is 0 Å². The predicted molar refractivity (Wildman–Crippen MR) is 122 cm³/mol. The van der Waals surface area contributed by atoms with E-state index in [9.17, 15) is 14.4 Å². The van der Waals surface area contributed by atoms with Gasteiger partial charge in [-0.15, -0.1) is 0 Å². The Morgan fingerprint density at radius 1 is 1.03 bits per heavy atom. The molecular weight excluding hydrogens is 400 g/mol. The summed E-state index contributed by atoms with van der Waals surface area (Å²) in [7, 11) is -3.82. The second kappa shape index (κ2) is 11.2. The number of carbonyl (C=O) groups is 3. The summed E-state index contributed by atoms with van der Waals surface area (Å²) in [6.07, 6.45) is 7.29. The number of rotatable bonds is 12. The molecule has 1 aliphatic carbocycles. The SMILES string of the molecule is CCCCCC(=O)C=CC1=C(CCC(=O)O[Si](C)(C)C)C(=O)CC1O[Si](C)(C)C. The molecular formula is C22H38O5Si2. The fourth-order valence-electron chi connectivity index (χ4n) is 3.22. The van der Waals surface area contributed by atoms with Gasteiger partial charge in [0, 0.05) is 24.8 Å². The lowest BCUT2D eigenvalue weighted by atomic mass is 10.0. The lowest BCUT2D eigenvalue weighted by molar-refractivity contribution is -0.135. The van der Waals surface area contributed by atoms with E-state index in [1.165, 1.54) is 0 Å². The Morgan fingerprint density at radius 3 is 2.24 bits per heavy atom. The minimum Gasteiger partial charge on any atom is -0.520 e. The van der Waals surface area contributed by atoms with Crippen molar-refractivity contribution in [1.82, 2.24) is 0 Å². The molecule has 0 aromatic rings. The summed E-state index contributed by atoms with van der Waals surface area (Å²) in [5.41, 5.74) is 1.38. The maximum atomic E-state index is 12.6. The van der Waals surface area contributed by atoms with Gasteiger partial charge in [0.15, 0.2) is 19.9 Å². The second-order valence-corrected chi connectivity index (χ2v) is 18.5. The number of Topliss-reactive ketones (excluding diaryl/α,β-unsaturated/α-hetero) is 1. The van der Waals surface area contributed by atoms with Gasteiger partial charge in [0.05, 0.1) is 6.10 Å². The highest BCUT2D eigenvalue weighted by molar-refractivity contribution is 6.71. The molecule has 7 heteroatoms. The van der Waals surface area contributed by atoms with Crippen molar-refractivity contribution in [2.24, 2.45) is 0 Å². The van der Waals surface area contributed by atoms with Gasteiger partial charge >= 0.3 is 0 Å². The molecule has 0 amide bonds. The third-order valence-corrected chi connectivity index (χ3v) is 6.20. The summed E-state index contributed by atoms with van der Waals surface area (Å²) in [6, 6.07) is 0. The molecule has 0 heterocycles. The maximum Gasteiger partial charge on any atom is 0.292 e. The molecule has 1 atom stereocenters. The summed E-state index contributed by atoms with van der Waals surface area (Å²) < 4.78 is 11.7. The van der Waals surface area contributed by atoms with Crippen molar-refractivity contribution in [3.8, 4) is 0 Å². The van der Waals surface area contributed by atoms with Crippen molar-refractivity contribution in [3.05, 3.63) is 23.3 Å². The Bertz CT molecular complexity index is 666. The Morgan fingerprint density at radius 2 is 1.69 bits per heavy atom. The summed E-state index contributed by atoms with van der Waals surface area (Å²) >= 11 is 0. The summed E-state index contributed by atoms with van der Waals surface area (Å²) in [5, 5.41) is 0. The highest BCUT2D eigenvalue weighted by Crippen LogP contribution is 2.32. The molecule has 0 bridgehead atoms. The number of allylic oxidation sites excluding steroid dienone is 2. The van der Waals surface area contributed by atoms with Crippen LogP contribution in [0.15, 0.2) is 23.3 Å². The van der Waals surface area contributed by atoms with Gasteiger partial charge in [-0.05, 0) is 63.8 Å². The molecule has 0 aromatic carbocycles. The van der Waals surface area contributed by atoms with Crippen molar-refractivity contribution < 1.29 is 23.2 Å². The average Bonchev–Trinajstić information content (AvgIpc) is 2.82. The van der Waals surface area contributed by atoms with Gasteiger partial charge in [-0.3, -0.25) is 14.4 Å². The van der Waals surface area contributed by atoms with Gasteiger partial charge in [-0.25, -0.2) is 0 Å². The van der Waals surface area contributed by atoms with Crippen LogP contribution in [-0.2, 0) is 23.2 Å². The first-order chi connectivity index (χ1) is 13.3. The molecule has 1 aliphatic rings. The van der Waals surface area contributed by atoms with Crippen LogP contribution in [0.25, 0.3) is 0 Å². The average molecular weight is 439 g/mol. The molecule has 0 aliphatic heterocycles. The van der Waals surface area contributed by atoms with E-state index in [0.717, 1.165) is 24.8 Å². The van der Waals surface area contributed by atoms with Crippen molar-refractivity contribution >= 4 is 34.2 Å². The molecule has 0 spiro atoms. The van der Waals surface area contributed by atoms with Crippen molar-refractivity contribution in [3.63, 3.8) is 0 Å². The largest absolute Gasteiger partial charge is 0.520 e. The van der Waals surface area contributed by atoms with E-state index in [1.54, 1.807) is 12.2 Å². The fourth-order valence-corrected chi connectivity index (χ4v) is 5.06. The molecule has 0 N–H and O–H groups in total. The number of unbranched alkanes of at least 4 members (excludes halogenated alkanes) is 2. The quantitative estimate of drug-likeness (QED) is 0.234. The first-order valence-electron chi connectivity index (χ1n) is 10.7. The first-order valence-corrected chi connectivity index (χ1v) is 17.5. The van der Waals surface area contributed by atoms with E-state index >= 15 is 0 Å². The Labute approximate surface area is 178 Å². The second-order valence-electron chi connectivity index (χ2n) is 9.62. The van der Waals surface area contributed by atoms with Gasteiger partial charge in [0.1, 0.15) is 0 Å². The Hall–Kier alpha value is -1.32. The maximum absolute atomic E-state index is 12.6. The summed E-state index contributed by atoms with van der Waals surface area (Å²) in [6.45, 7) is 14.2. The van der Waals surface area contributed by atoms with E-state index in [1.807, 2.05) is 19.6 Å². The topological polar surface area (TPSA) is 69.7 Å². The normalized spacial score (nSPS) is 18.0. The highest BCUT2D eigenvalue weighted by atomic mass is 28.4. The highest BCUT2D eigenvalue weighted by Gasteiger charge is 2.34. The molecule has 1 unspecified atom stereocenters. The number of carbonyl (C=O) groups excluding carboxylic acids is 3. The number of ketones is 2. The van der Waals surface area contributed by atoms with Gasteiger partial charge in [0.2, 0.25) is 8.32 Å². The molecule has 0 fully saturated rings. The first kappa shape index (κ1) is 25.7. The fraction of sp³-hybridized carbons (Fsp3) is 0.682. The van der Waals surface area contributed by atoms with Gasteiger partial charge < -0.3 is 8.85 Å². The Kier molecular flexibility index (Phi) is 9.91. The van der Waals surface area contributed by atoms with Crippen LogP contribution in [0.1, 0.15) is 51.9 Å². The van der Waals surface area contributed by atoms with Gasteiger partial charge in [-0.1, -0.05) is 25.8 Å². The minimum atomic E-state index is -1.95. The van der Waals surface area contributed by atoms with Gasteiger partial charge in [-0.2, -0.15) is 0 Å². The zero-order chi connectivity index (χ0) is 22.2. The summed E-state index contributed by atoms with van der Waals surface area (Å²) in [5.74, 6) is -0.195. The lowest BCUT2D eigenvalue weighted by Crippen LogP contribution is -2.32. The standard InChI is InChI=1S/C22H38O5Si2/c1-8-9-10-11-17(23)12-13-19-18(14-15-22(25)27-29(5,6)7)20(24)16-21(19)26-28(2,3)4/h12-13,21H,8-11,14-16H2,1-7H3. The number of hydrogen-bond donors (Lipinski definition) is 0. The Balaban J connectivity index is 2.98. The third kappa shape index (κ3) is 10.3. The van der Waals surface area contributed by atoms with E-state index in [4.69, 9.17) is 8.85 Å². The minimum absolute atomic E-state index is 0.00661. The van der Waals surface area contributed by atoms with Gasteiger partial charge in [0.25, 0.3) is 5.97 Å². The third-order valence-electron chi connectivity index (χ3n) is 4.37. The molecule has 0 radical (unpaired) electrons. The summed E-state index contributed by atoms with van der Waals surface area (Å²) in [4.78, 5) is 37.0. The van der Waals surface area contributed by atoms with Crippen LogP contribution >= 0.6 is 0 Å². The van der Waals surface area contributed by atoms with Crippen LogP contribution in [0.3, 0.4) is 0 Å². The molecule has 0 saturated carbocycles. The van der Waals surface area contributed by atoms with Crippen LogP contribution in [0, 0.1) is 0 Å². The van der Waals surface area contributed by atoms with Crippen molar-refractivity contribution in [2.75, 3.05) is 0 Å². The van der Waals surface area contributed by atoms with E-state index in [0.29, 0.717) is 18.4 Å². The molecule has 0 aromatic heterocycles. The predicted octanol–water partition coefficient (Wildman–Crippen LogP) is 5.34. The molecule has 5 nitrogen and oxygen atoms in total. The number of hydrogen-bond acceptors (Lipinski definition) is 5. The lowest BCUT2D eigenvalue weighted by Gasteiger charge is -2.24. The molecule has 29 heavy (non-hydrogen) atoms. The molecule has 0 saturated heterocycles. The van der Waals surface area contributed by atoms with E-state index < -0.39 is 16.6 Å². The van der Waals surface area contributed by atoms with Crippen LogP contribution in [-0.4, -0.2) is 40.3 Å². The van der Waals surface area contributed by atoms with Crippen LogP contribution < -0.4 is 0 Å². The zero-order valence-electron chi connectivity index (χ0n) is 19.2. The molecule has 1 rings (SSSR count). The smallest absolute Gasteiger partial charge is 0.292 e. The molecule has 164 valence electrons. The van der Waals surface area contributed by atoms with Crippen LogP contribution in [0.4, 0.5) is 0 Å². The monoisotopic (exact) mass is 438 g/mol. The van der Waals surface area contributed by atoms with Crippen molar-refractivity contribution in [2.45, 2.75) is 97.3 Å². The zero-order valence-corrected chi connectivity index (χ0v) is 21.2. The van der Waals surface area contributed by atoms with Crippen LogP contribution in [0.2, 0.25) is 39.3 Å².